The SMILES string of the molecule is CCc1nc2ccccc2n1-c1cc(-c2cccc(-c3cccc(-c4nc(-c5ccccc5)cc(-c5ccccc5)n4)c3)c2)c2ccccc2c1. The van der Waals surface area contributed by atoms with E-state index in [0.29, 0.717) is 5.82 Å². The maximum Gasteiger partial charge on any atom is 0.160 e. The van der Waals surface area contributed by atoms with Gasteiger partial charge >= 0.3 is 0 Å². The summed E-state index contributed by atoms with van der Waals surface area (Å²) < 4.78 is 2.31. The second-order valence-electron chi connectivity index (χ2n) is 12.8. The quantitative estimate of drug-likeness (QED) is 0.172. The number of aromatic nitrogens is 4. The van der Waals surface area contributed by atoms with E-state index in [9.17, 15) is 0 Å². The van der Waals surface area contributed by atoms with E-state index in [1.165, 1.54) is 16.3 Å². The maximum atomic E-state index is 5.08. The molecule has 51 heavy (non-hydrogen) atoms. The Kier molecular flexibility index (Phi) is 7.75. The first-order valence-electron chi connectivity index (χ1n) is 17.4. The molecule has 0 spiro atoms. The van der Waals surface area contributed by atoms with Crippen molar-refractivity contribution in [2.75, 3.05) is 0 Å². The largest absolute Gasteiger partial charge is 0.296 e. The molecule has 0 atom stereocenters. The van der Waals surface area contributed by atoms with Crippen molar-refractivity contribution in [2.45, 2.75) is 13.3 Å². The van der Waals surface area contributed by atoms with Crippen LogP contribution in [0.25, 0.3) is 83.6 Å². The number of para-hydroxylation sites is 2. The molecule has 7 aromatic carbocycles. The third-order valence-corrected chi connectivity index (χ3v) is 9.54. The van der Waals surface area contributed by atoms with Gasteiger partial charge in [0.25, 0.3) is 0 Å². The molecule has 4 nitrogen and oxygen atoms in total. The highest BCUT2D eigenvalue weighted by molar-refractivity contribution is 5.99. The van der Waals surface area contributed by atoms with E-state index in [1.54, 1.807) is 0 Å². The Morgan fingerprint density at radius 3 is 1.73 bits per heavy atom. The van der Waals surface area contributed by atoms with Crippen LogP contribution < -0.4 is 0 Å². The van der Waals surface area contributed by atoms with Gasteiger partial charge in [-0.1, -0.05) is 140 Å². The van der Waals surface area contributed by atoms with Crippen LogP contribution in [0.5, 0.6) is 0 Å². The highest BCUT2D eigenvalue weighted by atomic mass is 15.1. The van der Waals surface area contributed by atoms with Gasteiger partial charge in [0.15, 0.2) is 5.82 Å². The highest BCUT2D eigenvalue weighted by Crippen LogP contribution is 2.36. The van der Waals surface area contributed by atoms with Crippen molar-refractivity contribution >= 4 is 21.8 Å². The zero-order chi connectivity index (χ0) is 34.1. The summed E-state index contributed by atoms with van der Waals surface area (Å²) >= 11 is 0. The first kappa shape index (κ1) is 30.4. The van der Waals surface area contributed by atoms with Crippen LogP contribution in [0, 0.1) is 0 Å². The maximum absolute atomic E-state index is 5.08. The third kappa shape index (κ3) is 5.77. The summed E-state index contributed by atoms with van der Waals surface area (Å²) in [5.41, 5.74) is 12.7. The van der Waals surface area contributed by atoms with E-state index in [-0.39, 0.29) is 0 Å². The fourth-order valence-corrected chi connectivity index (χ4v) is 7.06. The van der Waals surface area contributed by atoms with E-state index < -0.39 is 0 Å². The molecule has 2 aromatic heterocycles. The number of aryl methyl sites for hydroxylation is 1. The molecule has 0 saturated carbocycles. The van der Waals surface area contributed by atoms with Crippen LogP contribution in [0.3, 0.4) is 0 Å². The molecule has 9 aromatic rings. The molecule has 9 rings (SSSR count). The summed E-state index contributed by atoms with van der Waals surface area (Å²) in [4.78, 5) is 15.1. The third-order valence-electron chi connectivity index (χ3n) is 9.54. The van der Waals surface area contributed by atoms with Crippen LogP contribution in [0.1, 0.15) is 12.7 Å². The minimum absolute atomic E-state index is 0.700. The smallest absolute Gasteiger partial charge is 0.160 e. The summed E-state index contributed by atoms with van der Waals surface area (Å²) in [5, 5.41) is 2.41. The number of hydrogen-bond acceptors (Lipinski definition) is 3. The van der Waals surface area contributed by atoms with Gasteiger partial charge in [-0.05, 0) is 75.5 Å². The molecule has 2 heterocycles. The topological polar surface area (TPSA) is 43.6 Å². The predicted octanol–water partition coefficient (Wildman–Crippen LogP) is 11.9. The highest BCUT2D eigenvalue weighted by Gasteiger charge is 2.16. The van der Waals surface area contributed by atoms with Crippen molar-refractivity contribution in [3.8, 4) is 61.8 Å². The van der Waals surface area contributed by atoms with Gasteiger partial charge in [0.05, 0.1) is 22.4 Å². The number of hydrogen-bond donors (Lipinski definition) is 0. The Hall–Kier alpha value is -6.65. The lowest BCUT2D eigenvalue weighted by molar-refractivity contribution is 0.909. The molecule has 4 heteroatoms. The molecule has 0 radical (unpaired) electrons. The fraction of sp³-hybridized carbons (Fsp3) is 0.0426. The molecule has 0 aliphatic heterocycles. The van der Waals surface area contributed by atoms with Gasteiger partial charge < -0.3 is 0 Å². The lowest BCUT2D eigenvalue weighted by Gasteiger charge is -2.15. The van der Waals surface area contributed by atoms with E-state index in [0.717, 1.165) is 73.7 Å². The average molecular weight is 655 g/mol. The van der Waals surface area contributed by atoms with Crippen molar-refractivity contribution in [3.63, 3.8) is 0 Å². The standard InChI is InChI=1S/C47H34N4/c1-2-46-48-42-25-11-12-26-45(42)51(46)39-29-37-19-9-10-24-40(37)41(30-39)36-22-13-20-34(27-36)35-21-14-23-38(28-35)47-49-43(32-15-5-3-6-16-32)31-44(50-47)33-17-7-4-8-18-33/h3-31H,2H2,1H3. The minimum atomic E-state index is 0.700. The Morgan fingerprint density at radius 1 is 0.451 bits per heavy atom. The molecular weight excluding hydrogens is 621 g/mol. The Morgan fingerprint density at radius 2 is 1.02 bits per heavy atom. The number of benzene rings is 7. The predicted molar refractivity (Wildman–Crippen MR) is 211 cm³/mol. The Bertz CT molecular complexity index is 2620. The Balaban J connectivity index is 1.16. The number of nitrogens with zero attached hydrogens (tertiary/aromatic N) is 4. The molecule has 0 aliphatic rings. The summed E-state index contributed by atoms with van der Waals surface area (Å²) in [5.74, 6) is 1.75. The monoisotopic (exact) mass is 654 g/mol. The van der Waals surface area contributed by atoms with Crippen LogP contribution in [0.2, 0.25) is 0 Å². The van der Waals surface area contributed by atoms with Crippen molar-refractivity contribution < 1.29 is 0 Å². The summed E-state index contributed by atoms with van der Waals surface area (Å²) in [6, 6.07) is 61.8. The molecule has 0 saturated heterocycles. The van der Waals surface area contributed by atoms with E-state index in [4.69, 9.17) is 15.0 Å². The van der Waals surface area contributed by atoms with Crippen LogP contribution in [-0.2, 0) is 6.42 Å². The van der Waals surface area contributed by atoms with Crippen LogP contribution in [0.4, 0.5) is 0 Å². The number of rotatable bonds is 7. The van der Waals surface area contributed by atoms with Crippen molar-refractivity contribution in [1.82, 2.24) is 19.5 Å². The van der Waals surface area contributed by atoms with Crippen molar-refractivity contribution in [1.29, 1.82) is 0 Å². The normalized spacial score (nSPS) is 11.3. The molecular formula is C47H34N4. The molecule has 0 fully saturated rings. The Labute approximate surface area is 297 Å². The second kappa shape index (κ2) is 13.0. The van der Waals surface area contributed by atoms with Gasteiger partial charge in [-0.25, -0.2) is 15.0 Å². The molecule has 0 amide bonds. The van der Waals surface area contributed by atoms with E-state index in [2.05, 4.69) is 151 Å². The second-order valence-corrected chi connectivity index (χ2v) is 12.8. The molecule has 0 aliphatic carbocycles. The van der Waals surface area contributed by atoms with Crippen LogP contribution >= 0.6 is 0 Å². The minimum Gasteiger partial charge on any atom is -0.296 e. The van der Waals surface area contributed by atoms with Gasteiger partial charge in [0, 0.05) is 28.8 Å². The van der Waals surface area contributed by atoms with Gasteiger partial charge in [-0.3, -0.25) is 4.57 Å². The number of imidazole rings is 1. The first-order chi connectivity index (χ1) is 25.2. The van der Waals surface area contributed by atoms with Gasteiger partial charge in [0.2, 0.25) is 0 Å². The van der Waals surface area contributed by atoms with E-state index in [1.807, 2.05) is 36.4 Å². The van der Waals surface area contributed by atoms with Gasteiger partial charge in [-0.15, -0.1) is 0 Å². The fourth-order valence-electron chi connectivity index (χ4n) is 7.06. The number of fused-ring (bicyclic) bond motifs is 2. The summed E-state index contributed by atoms with van der Waals surface area (Å²) in [6.45, 7) is 2.17. The summed E-state index contributed by atoms with van der Waals surface area (Å²) in [6.07, 6.45) is 0.841. The zero-order valence-corrected chi connectivity index (χ0v) is 28.2. The van der Waals surface area contributed by atoms with Crippen molar-refractivity contribution in [3.05, 3.63) is 182 Å². The molecule has 0 bridgehead atoms. The van der Waals surface area contributed by atoms with E-state index >= 15 is 0 Å². The van der Waals surface area contributed by atoms with Crippen molar-refractivity contribution in [2.24, 2.45) is 0 Å². The van der Waals surface area contributed by atoms with Gasteiger partial charge in [-0.2, -0.15) is 0 Å². The lowest BCUT2D eigenvalue weighted by atomic mass is 9.94. The summed E-state index contributed by atoms with van der Waals surface area (Å²) in [7, 11) is 0. The molecule has 0 N–H and O–H groups in total. The van der Waals surface area contributed by atoms with Crippen LogP contribution in [-0.4, -0.2) is 19.5 Å². The first-order valence-corrected chi connectivity index (χ1v) is 17.4. The zero-order valence-electron chi connectivity index (χ0n) is 28.2. The van der Waals surface area contributed by atoms with Gasteiger partial charge in [0.1, 0.15) is 5.82 Å². The molecule has 0 unspecified atom stereocenters. The molecule has 242 valence electrons. The average Bonchev–Trinajstić information content (AvgIpc) is 3.60. The lowest BCUT2D eigenvalue weighted by Crippen LogP contribution is -2.01. The van der Waals surface area contributed by atoms with Crippen LogP contribution in [0.15, 0.2) is 176 Å².